The lowest BCUT2D eigenvalue weighted by molar-refractivity contribution is -0.116. The molecular weight excluding hydrogens is 920 g/mol. The van der Waals surface area contributed by atoms with Crippen LogP contribution in [0.2, 0.25) is 20.1 Å². The molecule has 6 rings (SSSR count). The zero-order valence-electron chi connectivity index (χ0n) is 34.9. The van der Waals surface area contributed by atoms with Gasteiger partial charge in [0.05, 0.1) is 32.1 Å². The highest BCUT2D eigenvalue weighted by Gasteiger charge is 2.24. The van der Waals surface area contributed by atoms with Crippen LogP contribution in [0.5, 0.6) is 0 Å². The Bertz CT molecular complexity index is 2580. The number of hydrazine groups is 1. The van der Waals surface area contributed by atoms with Crippen LogP contribution in [0.25, 0.3) is 11.4 Å². The van der Waals surface area contributed by atoms with Crippen LogP contribution in [-0.2, 0) is 9.59 Å². The molecule has 0 aliphatic carbocycles. The maximum Gasteiger partial charge on any atom is 0.287 e. The van der Waals surface area contributed by atoms with Gasteiger partial charge in [-0.05, 0) is 101 Å². The summed E-state index contributed by atoms with van der Waals surface area (Å²) in [6.45, 7) is 2.23. The number of carbonyl (C=O) groups is 3. The fraction of sp³-hybridized carbons (Fsp3) is 0.295. The van der Waals surface area contributed by atoms with Crippen molar-refractivity contribution in [2.45, 2.75) is 94.0 Å². The zero-order chi connectivity index (χ0) is 45.4. The average molecular weight is 968 g/mol. The Balaban J connectivity index is 1.16. The maximum absolute atomic E-state index is 14.3. The van der Waals surface area contributed by atoms with Gasteiger partial charge in [0.15, 0.2) is 0 Å². The number of rotatable bonds is 24. The molecule has 3 amide bonds. The highest BCUT2D eigenvalue weighted by Crippen LogP contribution is 2.37. The van der Waals surface area contributed by atoms with Gasteiger partial charge < -0.3 is 16.0 Å². The van der Waals surface area contributed by atoms with Crippen molar-refractivity contribution in [1.82, 2.24) is 35.4 Å². The molecule has 0 bridgehead atoms. The number of benzene rings is 4. The molecule has 0 saturated carbocycles. The number of hydrogen-bond donors (Lipinski definition) is 6. The summed E-state index contributed by atoms with van der Waals surface area (Å²) in [6.07, 6.45) is 14.1. The van der Waals surface area contributed by atoms with Gasteiger partial charge in [0.2, 0.25) is 17.5 Å². The molecule has 0 atom stereocenters. The first-order valence-electron chi connectivity index (χ1n) is 20.8. The largest absolute Gasteiger partial charge is 0.338 e. The molecule has 0 unspecified atom stereocenters. The number of unbranched alkanes of at least 4 members (excludes halogenated alkanes) is 10. The second kappa shape index (κ2) is 24.0. The number of tetrazole rings is 1. The Morgan fingerprint density at radius 1 is 0.766 bits per heavy atom. The molecule has 6 aromatic rings. The summed E-state index contributed by atoms with van der Waals surface area (Å²) in [6, 6.07) is 21.3. The second-order valence-electron chi connectivity index (χ2n) is 14.8. The van der Waals surface area contributed by atoms with E-state index in [2.05, 4.69) is 54.3 Å². The number of anilines is 5. The molecule has 64 heavy (non-hydrogen) atoms. The van der Waals surface area contributed by atoms with Gasteiger partial charge in [-0.15, -0.1) is 5.10 Å². The van der Waals surface area contributed by atoms with Crippen LogP contribution in [0, 0.1) is 0 Å². The van der Waals surface area contributed by atoms with Crippen molar-refractivity contribution in [2.75, 3.05) is 21.4 Å². The lowest BCUT2D eigenvalue weighted by Gasteiger charge is -2.12. The molecule has 0 fully saturated rings. The minimum Gasteiger partial charge on any atom is -0.338 e. The average Bonchev–Trinajstić information content (AvgIpc) is 3.86. The molecule has 0 spiro atoms. The second-order valence-corrected chi connectivity index (χ2v) is 17.4. The first-order chi connectivity index (χ1) is 31.0. The predicted octanol–water partition coefficient (Wildman–Crippen LogP) is 11.6. The number of carbonyl (C=O) groups excluding carboxylic acids is 3. The third-order valence-electron chi connectivity index (χ3n) is 9.98. The number of hydrogen-bond acceptors (Lipinski definition) is 10. The van der Waals surface area contributed by atoms with Crippen LogP contribution in [0.4, 0.5) is 28.6 Å². The van der Waals surface area contributed by atoms with Crippen molar-refractivity contribution in [3.63, 3.8) is 0 Å². The molecule has 20 heteroatoms. The summed E-state index contributed by atoms with van der Waals surface area (Å²) in [5.41, 5.74) is 7.44. The summed E-state index contributed by atoms with van der Waals surface area (Å²) < 4.78 is 2.55. The van der Waals surface area contributed by atoms with Gasteiger partial charge in [-0.25, -0.2) is 4.68 Å². The number of amides is 3. The third-order valence-corrected chi connectivity index (χ3v) is 12.1. The van der Waals surface area contributed by atoms with Gasteiger partial charge in [-0.2, -0.15) is 4.68 Å². The number of nitrogens with zero attached hydrogens (tertiary/aromatic N) is 5. The van der Waals surface area contributed by atoms with Crippen molar-refractivity contribution in [3.05, 3.63) is 115 Å². The molecule has 15 nitrogen and oxygen atoms in total. The van der Waals surface area contributed by atoms with E-state index in [-0.39, 0.29) is 47.6 Å². The topological polar surface area (TPSA) is 193 Å². The highest BCUT2D eigenvalue weighted by molar-refractivity contribution is 7.99. The summed E-state index contributed by atoms with van der Waals surface area (Å²) in [5.74, 6) is -0.306. The summed E-state index contributed by atoms with van der Waals surface area (Å²) >= 11 is 27.1. The SMILES string of the molecule is CCCCCCCCCCCCCC(=O)Nc1ccc(Nc2[nH]n(-c3c(Cl)cc(Cl)cc3Cl)c(=O)c2Sc2nnnn2-c2cccc(C(=O)Nc3ccc(NNC=O)cc3)c2)c(Cl)c1. The van der Waals surface area contributed by atoms with Crippen LogP contribution < -0.4 is 32.4 Å². The van der Waals surface area contributed by atoms with Crippen molar-refractivity contribution in [1.29, 1.82) is 0 Å². The van der Waals surface area contributed by atoms with Crippen LogP contribution in [-0.4, -0.2) is 48.2 Å². The normalized spacial score (nSPS) is 11.0. The molecule has 0 radical (unpaired) electrons. The first-order valence-corrected chi connectivity index (χ1v) is 23.2. The lowest BCUT2D eigenvalue weighted by Crippen LogP contribution is -2.18. The molecule has 336 valence electrons. The Hall–Kier alpha value is -5.52. The quantitative estimate of drug-likeness (QED) is 0.0193. The van der Waals surface area contributed by atoms with E-state index in [0.29, 0.717) is 46.8 Å². The Kier molecular flexibility index (Phi) is 18.0. The van der Waals surface area contributed by atoms with E-state index in [0.717, 1.165) is 31.0 Å². The first kappa shape index (κ1) is 47.9. The molecule has 0 aliphatic rings. The zero-order valence-corrected chi connectivity index (χ0v) is 38.7. The van der Waals surface area contributed by atoms with Gasteiger partial charge in [-0.3, -0.25) is 35.1 Å². The van der Waals surface area contributed by atoms with Crippen molar-refractivity contribution < 1.29 is 14.4 Å². The predicted molar refractivity (Wildman–Crippen MR) is 256 cm³/mol. The van der Waals surface area contributed by atoms with Crippen LogP contribution in [0.3, 0.4) is 0 Å². The number of nitrogens with one attached hydrogen (secondary N) is 6. The molecule has 2 heterocycles. The Labute approximate surface area is 394 Å². The maximum atomic E-state index is 14.3. The van der Waals surface area contributed by atoms with E-state index in [1.165, 1.54) is 72.9 Å². The van der Waals surface area contributed by atoms with Crippen LogP contribution in [0.1, 0.15) is 94.3 Å². The molecule has 6 N–H and O–H groups in total. The summed E-state index contributed by atoms with van der Waals surface area (Å²) in [4.78, 5) is 51.1. The third kappa shape index (κ3) is 13.3. The molecule has 0 aliphatic heterocycles. The fourth-order valence-corrected chi connectivity index (χ4v) is 8.82. The van der Waals surface area contributed by atoms with Gasteiger partial charge >= 0.3 is 0 Å². The standard InChI is InChI=1S/C44H47Cl4N11O4S/c1-2-3-4-5-6-7-8-9-10-11-12-16-38(61)50-32-21-22-37(34(46)26-32)52-41-40(43(63)59(55-41)39-35(47)24-29(45)25-36(39)48)64-44-54-56-57-58(44)33-15-13-14-28(23-33)42(62)51-30-17-19-31(20-18-30)53-49-27-60/h13-15,17-27,52-53,55H,2-12,16H2,1H3,(H,49,60)(H,50,61)(H,51,62). The minimum absolute atomic E-state index is 0.0954. The summed E-state index contributed by atoms with van der Waals surface area (Å²) in [7, 11) is 0. The molecular formula is C44H47Cl4N11O4S. The smallest absolute Gasteiger partial charge is 0.287 e. The van der Waals surface area contributed by atoms with E-state index in [1.54, 1.807) is 66.7 Å². The monoisotopic (exact) mass is 965 g/mol. The van der Waals surface area contributed by atoms with Crippen molar-refractivity contribution in [3.8, 4) is 11.4 Å². The lowest BCUT2D eigenvalue weighted by atomic mass is 10.1. The van der Waals surface area contributed by atoms with Gasteiger partial charge in [0, 0.05) is 28.4 Å². The van der Waals surface area contributed by atoms with Gasteiger partial charge in [-0.1, -0.05) is 124 Å². The summed E-state index contributed by atoms with van der Waals surface area (Å²) in [5, 5.41) is 25.2. The van der Waals surface area contributed by atoms with E-state index in [4.69, 9.17) is 46.4 Å². The van der Waals surface area contributed by atoms with E-state index in [9.17, 15) is 19.2 Å². The number of aromatic amines is 1. The van der Waals surface area contributed by atoms with E-state index in [1.807, 2.05) is 0 Å². The van der Waals surface area contributed by atoms with Crippen LogP contribution in [0.15, 0.2) is 93.7 Å². The minimum atomic E-state index is -0.563. The van der Waals surface area contributed by atoms with Gasteiger partial charge in [0.25, 0.3) is 11.5 Å². The van der Waals surface area contributed by atoms with Crippen molar-refractivity contribution >= 4 is 105 Å². The highest BCUT2D eigenvalue weighted by atomic mass is 35.5. The van der Waals surface area contributed by atoms with Crippen molar-refractivity contribution in [2.24, 2.45) is 0 Å². The Morgan fingerprint density at radius 3 is 2.09 bits per heavy atom. The molecule has 4 aromatic carbocycles. The Morgan fingerprint density at radius 2 is 1.42 bits per heavy atom. The van der Waals surface area contributed by atoms with E-state index < -0.39 is 11.5 Å². The van der Waals surface area contributed by atoms with E-state index >= 15 is 0 Å². The number of halogens is 4. The molecule has 0 saturated heterocycles. The van der Waals surface area contributed by atoms with Crippen LogP contribution >= 0.6 is 58.2 Å². The number of H-pyrrole nitrogens is 1. The van der Waals surface area contributed by atoms with Gasteiger partial charge in [0.1, 0.15) is 16.4 Å². The molecule has 2 aromatic heterocycles. The fourth-order valence-electron chi connectivity index (χ4n) is 6.74. The number of aromatic nitrogens is 6.